The summed E-state index contributed by atoms with van der Waals surface area (Å²) in [7, 11) is 1.71. The smallest absolute Gasteiger partial charge is 0.268 e. The first-order chi connectivity index (χ1) is 7.44. The summed E-state index contributed by atoms with van der Waals surface area (Å²) in [5.41, 5.74) is 1.63. The molecule has 1 aromatic rings. The first kappa shape index (κ1) is 10.9. The van der Waals surface area contributed by atoms with Crippen LogP contribution in [0.25, 0.3) is 0 Å². The van der Waals surface area contributed by atoms with Gasteiger partial charge in [-0.3, -0.25) is 4.79 Å². The molecule has 1 aliphatic rings. The fourth-order valence-electron chi connectivity index (χ4n) is 2.00. The van der Waals surface area contributed by atoms with E-state index >= 15 is 0 Å². The standard InChI is InChI=1S/C12H14N2O2/c1-12(2)5-10-9(7-16-12)4-8(6-13)11(15)14(10)3/h4H,5,7H2,1-3H3. The molecule has 4 nitrogen and oxygen atoms in total. The van der Waals surface area contributed by atoms with Gasteiger partial charge in [0.1, 0.15) is 11.6 Å². The lowest BCUT2D eigenvalue weighted by atomic mass is 9.95. The maximum atomic E-state index is 11.8. The van der Waals surface area contributed by atoms with Gasteiger partial charge in [0.15, 0.2) is 0 Å². The molecule has 2 rings (SSSR count). The van der Waals surface area contributed by atoms with Gasteiger partial charge in [-0.2, -0.15) is 5.26 Å². The highest BCUT2D eigenvalue weighted by atomic mass is 16.5. The molecule has 0 bridgehead atoms. The Morgan fingerprint density at radius 1 is 1.56 bits per heavy atom. The second-order valence-corrected chi connectivity index (χ2v) is 4.73. The van der Waals surface area contributed by atoms with Crippen molar-refractivity contribution in [1.29, 1.82) is 5.26 Å². The Morgan fingerprint density at radius 2 is 2.25 bits per heavy atom. The zero-order chi connectivity index (χ0) is 11.9. The summed E-state index contributed by atoms with van der Waals surface area (Å²) in [6.07, 6.45) is 0.694. The molecule has 16 heavy (non-hydrogen) atoms. The van der Waals surface area contributed by atoms with Crippen LogP contribution < -0.4 is 5.56 Å². The molecule has 1 aliphatic heterocycles. The number of ether oxygens (including phenoxy) is 1. The van der Waals surface area contributed by atoms with E-state index in [2.05, 4.69) is 0 Å². The quantitative estimate of drug-likeness (QED) is 0.655. The summed E-state index contributed by atoms with van der Waals surface area (Å²) in [5, 5.41) is 8.84. The topological polar surface area (TPSA) is 55.0 Å². The molecule has 0 aliphatic carbocycles. The molecule has 4 heteroatoms. The first-order valence-electron chi connectivity index (χ1n) is 5.20. The minimum absolute atomic E-state index is 0.185. The molecule has 2 heterocycles. The number of hydrogen-bond acceptors (Lipinski definition) is 3. The van der Waals surface area contributed by atoms with Crippen molar-refractivity contribution in [2.75, 3.05) is 0 Å². The van der Waals surface area contributed by atoms with E-state index in [0.717, 1.165) is 11.3 Å². The van der Waals surface area contributed by atoms with Gasteiger partial charge >= 0.3 is 0 Å². The number of nitrogens with zero attached hydrogens (tertiary/aromatic N) is 2. The second kappa shape index (κ2) is 3.46. The van der Waals surface area contributed by atoms with Gasteiger partial charge in [-0.05, 0) is 25.5 Å². The van der Waals surface area contributed by atoms with Crippen LogP contribution in [0.1, 0.15) is 30.7 Å². The van der Waals surface area contributed by atoms with Crippen molar-refractivity contribution in [3.63, 3.8) is 0 Å². The van der Waals surface area contributed by atoms with E-state index in [1.807, 2.05) is 19.9 Å². The van der Waals surface area contributed by atoms with Gasteiger partial charge in [-0.15, -0.1) is 0 Å². The predicted molar refractivity (Wildman–Crippen MR) is 59.0 cm³/mol. The van der Waals surface area contributed by atoms with Crippen molar-refractivity contribution in [2.24, 2.45) is 7.05 Å². The number of aromatic nitrogens is 1. The normalized spacial score (nSPS) is 17.6. The highest BCUT2D eigenvalue weighted by Gasteiger charge is 2.28. The van der Waals surface area contributed by atoms with Crippen molar-refractivity contribution >= 4 is 0 Å². The molecule has 84 valence electrons. The third-order valence-corrected chi connectivity index (χ3v) is 2.96. The lowest BCUT2D eigenvalue weighted by Crippen LogP contribution is -2.37. The molecule has 0 spiro atoms. The Bertz CT molecular complexity index is 535. The van der Waals surface area contributed by atoms with Gasteiger partial charge in [-0.1, -0.05) is 0 Å². The zero-order valence-corrected chi connectivity index (χ0v) is 9.70. The molecule has 0 aromatic carbocycles. The first-order valence-corrected chi connectivity index (χ1v) is 5.20. The van der Waals surface area contributed by atoms with E-state index in [4.69, 9.17) is 10.00 Å². The van der Waals surface area contributed by atoms with Crippen LogP contribution in [0.3, 0.4) is 0 Å². The van der Waals surface area contributed by atoms with Crippen molar-refractivity contribution in [1.82, 2.24) is 4.57 Å². The molecule has 0 N–H and O–H groups in total. The number of rotatable bonds is 0. The third kappa shape index (κ3) is 1.63. The summed E-state index contributed by atoms with van der Waals surface area (Å²) >= 11 is 0. The number of hydrogen-bond donors (Lipinski definition) is 0. The fourth-order valence-corrected chi connectivity index (χ4v) is 2.00. The van der Waals surface area contributed by atoms with E-state index in [0.29, 0.717) is 13.0 Å². The average molecular weight is 218 g/mol. The van der Waals surface area contributed by atoms with Crippen molar-refractivity contribution in [3.05, 3.63) is 33.2 Å². The van der Waals surface area contributed by atoms with Crippen LogP contribution >= 0.6 is 0 Å². The molecule has 0 amide bonds. The summed E-state index contributed by atoms with van der Waals surface area (Å²) < 4.78 is 7.23. The molecule has 0 atom stereocenters. The molecule has 0 radical (unpaired) electrons. The fraction of sp³-hybridized carbons (Fsp3) is 0.500. The summed E-state index contributed by atoms with van der Waals surface area (Å²) in [4.78, 5) is 11.8. The van der Waals surface area contributed by atoms with Crippen molar-refractivity contribution in [3.8, 4) is 6.07 Å². The Labute approximate surface area is 94.1 Å². The number of nitriles is 1. The van der Waals surface area contributed by atoms with Gasteiger partial charge in [0, 0.05) is 19.2 Å². The minimum atomic E-state index is -0.245. The van der Waals surface area contributed by atoms with Crippen LogP contribution in [0.5, 0.6) is 0 Å². The minimum Gasteiger partial charge on any atom is -0.370 e. The third-order valence-electron chi connectivity index (χ3n) is 2.96. The largest absolute Gasteiger partial charge is 0.370 e. The van der Waals surface area contributed by atoms with E-state index < -0.39 is 0 Å². The Hall–Kier alpha value is -1.60. The SMILES string of the molecule is Cn1c2c(cc(C#N)c1=O)COC(C)(C)C2. The van der Waals surface area contributed by atoms with E-state index in [1.165, 1.54) is 0 Å². The molecular weight excluding hydrogens is 204 g/mol. The molecule has 0 fully saturated rings. The lowest BCUT2D eigenvalue weighted by molar-refractivity contribution is -0.0423. The predicted octanol–water partition coefficient (Wildman–Crippen LogP) is 1.11. The van der Waals surface area contributed by atoms with Crippen LogP contribution in [-0.2, 0) is 24.8 Å². The van der Waals surface area contributed by atoms with Crippen LogP contribution in [0, 0.1) is 11.3 Å². The molecule has 1 aromatic heterocycles. The summed E-state index contributed by atoms with van der Waals surface area (Å²) in [6, 6.07) is 3.56. The van der Waals surface area contributed by atoms with Crippen LogP contribution in [0.4, 0.5) is 0 Å². The van der Waals surface area contributed by atoms with Gasteiger partial charge < -0.3 is 9.30 Å². The maximum Gasteiger partial charge on any atom is 0.268 e. The average Bonchev–Trinajstić information content (AvgIpc) is 2.23. The Balaban J connectivity index is 2.64. The van der Waals surface area contributed by atoms with Crippen LogP contribution in [0.15, 0.2) is 10.9 Å². The number of fused-ring (bicyclic) bond motifs is 1. The second-order valence-electron chi connectivity index (χ2n) is 4.73. The van der Waals surface area contributed by atoms with Gasteiger partial charge in [0.25, 0.3) is 5.56 Å². The maximum absolute atomic E-state index is 11.8. The van der Waals surface area contributed by atoms with E-state index in [1.54, 1.807) is 17.7 Å². The monoisotopic (exact) mass is 218 g/mol. The molecule has 0 saturated carbocycles. The van der Waals surface area contributed by atoms with E-state index in [9.17, 15) is 4.79 Å². The van der Waals surface area contributed by atoms with Crippen molar-refractivity contribution in [2.45, 2.75) is 32.5 Å². The highest BCUT2D eigenvalue weighted by molar-refractivity contribution is 5.35. The summed E-state index contributed by atoms with van der Waals surface area (Å²) in [6.45, 7) is 4.46. The number of pyridine rings is 1. The Kier molecular flexibility index (Phi) is 2.36. The van der Waals surface area contributed by atoms with Crippen molar-refractivity contribution < 1.29 is 4.74 Å². The molecule has 0 unspecified atom stereocenters. The zero-order valence-electron chi connectivity index (χ0n) is 9.70. The lowest BCUT2D eigenvalue weighted by Gasteiger charge is -2.32. The highest BCUT2D eigenvalue weighted by Crippen LogP contribution is 2.26. The molecular formula is C12H14N2O2. The van der Waals surface area contributed by atoms with Gasteiger partial charge in [-0.25, -0.2) is 0 Å². The van der Waals surface area contributed by atoms with Crippen LogP contribution in [0.2, 0.25) is 0 Å². The van der Waals surface area contributed by atoms with E-state index in [-0.39, 0.29) is 16.7 Å². The Morgan fingerprint density at radius 3 is 2.88 bits per heavy atom. The summed E-state index contributed by atoms with van der Waals surface area (Å²) in [5.74, 6) is 0. The van der Waals surface area contributed by atoms with Crippen LogP contribution in [-0.4, -0.2) is 10.2 Å². The molecule has 0 saturated heterocycles. The van der Waals surface area contributed by atoms with Gasteiger partial charge in [0.05, 0.1) is 12.2 Å². The van der Waals surface area contributed by atoms with Gasteiger partial charge in [0.2, 0.25) is 0 Å².